The van der Waals surface area contributed by atoms with Gasteiger partial charge in [0.15, 0.2) is 5.16 Å². The van der Waals surface area contributed by atoms with Crippen LogP contribution in [-0.4, -0.2) is 26.2 Å². The van der Waals surface area contributed by atoms with Crippen molar-refractivity contribution in [2.75, 3.05) is 0 Å². The maximum absolute atomic E-state index is 12.8. The Morgan fingerprint density at radius 1 is 1.18 bits per heavy atom. The number of aromatic nitrogens is 2. The Hall–Kier alpha value is -2.73. The Balaban J connectivity index is 1.70. The maximum atomic E-state index is 12.8. The fraction of sp³-hybridized carbons (Fsp3) is 0.273. The van der Waals surface area contributed by atoms with Gasteiger partial charge in [0.2, 0.25) is 5.91 Å². The number of imidazole rings is 1. The van der Waals surface area contributed by atoms with Crippen LogP contribution >= 0.6 is 11.8 Å². The van der Waals surface area contributed by atoms with Crippen LogP contribution in [0.25, 0.3) is 11.3 Å². The third-order valence-electron chi connectivity index (χ3n) is 4.58. The van der Waals surface area contributed by atoms with Gasteiger partial charge in [-0.05, 0) is 50.1 Å². The SMILES string of the molecule is CC[C@H](Sc1nc(-c2ccc(O)cc2)c(C)[nH]1)C(=O)N[C@@H](C)c1ccccc1. The number of nitrogens with zero attached hydrogens (tertiary/aromatic N) is 1. The summed E-state index contributed by atoms with van der Waals surface area (Å²) < 4.78 is 0. The molecule has 0 aliphatic heterocycles. The Morgan fingerprint density at radius 2 is 1.86 bits per heavy atom. The number of hydrogen-bond acceptors (Lipinski definition) is 4. The predicted octanol–water partition coefficient (Wildman–Crippen LogP) is 4.84. The monoisotopic (exact) mass is 395 g/mol. The summed E-state index contributed by atoms with van der Waals surface area (Å²) in [5.74, 6) is 0.228. The van der Waals surface area contributed by atoms with Gasteiger partial charge in [-0.15, -0.1) is 0 Å². The summed E-state index contributed by atoms with van der Waals surface area (Å²) in [5, 5.41) is 13.1. The van der Waals surface area contributed by atoms with Crippen LogP contribution in [0.4, 0.5) is 0 Å². The van der Waals surface area contributed by atoms with Crippen molar-refractivity contribution < 1.29 is 9.90 Å². The van der Waals surface area contributed by atoms with Crippen LogP contribution < -0.4 is 5.32 Å². The first-order valence-corrected chi connectivity index (χ1v) is 10.2. The van der Waals surface area contributed by atoms with Crippen molar-refractivity contribution in [2.24, 2.45) is 0 Å². The fourth-order valence-corrected chi connectivity index (χ4v) is 3.94. The number of rotatable bonds is 7. The van der Waals surface area contributed by atoms with Crippen molar-refractivity contribution in [3.05, 3.63) is 65.9 Å². The summed E-state index contributed by atoms with van der Waals surface area (Å²) in [6.07, 6.45) is 0.701. The van der Waals surface area contributed by atoms with Gasteiger partial charge in [0.25, 0.3) is 0 Å². The molecule has 1 amide bonds. The molecule has 2 aromatic carbocycles. The third kappa shape index (κ3) is 4.75. The number of phenols is 1. The zero-order valence-electron chi connectivity index (χ0n) is 16.3. The maximum Gasteiger partial charge on any atom is 0.234 e. The number of benzene rings is 2. The number of thioether (sulfide) groups is 1. The van der Waals surface area contributed by atoms with Crippen molar-refractivity contribution in [1.82, 2.24) is 15.3 Å². The van der Waals surface area contributed by atoms with Crippen molar-refractivity contribution in [2.45, 2.75) is 43.6 Å². The average molecular weight is 396 g/mol. The van der Waals surface area contributed by atoms with E-state index in [-0.39, 0.29) is 22.9 Å². The van der Waals surface area contributed by atoms with Crippen LogP contribution in [0.2, 0.25) is 0 Å². The number of phenolic OH excluding ortho intramolecular Hbond substituents is 1. The van der Waals surface area contributed by atoms with Crippen LogP contribution in [-0.2, 0) is 4.79 Å². The topological polar surface area (TPSA) is 78.0 Å². The molecule has 1 heterocycles. The van der Waals surface area contributed by atoms with Crippen molar-refractivity contribution in [1.29, 1.82) is 0 Å². The summed E-state index contributed by atoms with van der Waals surface area (Å²) in [4.78, 5) is 20.7. The fourth-order valence-electron chi connectivity index (χ4n) is 2.98. The molecule has 0 aliphatic carbocycles. The lowest BCUT2D eigenvalue weighted by Gasteiger charge is -2.18. The number of hydrogen-bond donors (Lipinski definition) is 3. The van der Waals surface area contributed by atoms with Gasteiger partial charge >= 0.3 is 0 Å². The summed E-state index contributed by atoms with van der Waals surface area (Å²) in [6.45, 7) is 5.95. The summed E-state index contributed by atoms with van der Waals surface area (Å²) >= 11 is 1.44. The molecule has 3 aromatic rings. The Kier molecular flexibility index (Phi) is 6.41. The highest BCUT2D eigenvalue weighted by Crippen LogP contribution is 2.29. The van der Waals surface area contributed by atoms with Gasteiger partial charge in [0.05, 0.1) is 17.0 Å². The van der Waals surface area contributed by atoms with E-state index in [1.807, 2.05) is 63.2 Å². The molecule has 28 heavy (non-hydrogen) atoms. The van der Waals surface area contributed by atoms with Gasteiger partial charge in [-0.25, -0.2) is 4.98 Å². The molecule has 0 saturated carbocycles. The second kappa shape index (κ2) is 8.97. The lowest BCUT2D eigenvalue weighted by molar-refractivity contribution is -0.121. The summed E-state index contributed by atoms with van der Waals surface area (Å²) in [7, 11) is 0. The van der Waals surface area contributed by atoms with Crippen LogP contribution in [0.5, 0.6) is 5.75 Å². The molecule has 6 heteroatoms. The van der Waals surface area contributed by atoms with Crippen molar-refractivity contribution in [3.63, 3.8) is 0 Å². The van der Waals surface area contributed by atoms with E-state index in [1.54, 1.807) is 12.1 Å². The number of aromatic hydroxyl groups is 1. The molecule has 0 saturated heterocycles. The van der Waals surface area contributed by atoms with E-state index in [9.17, 15) is 9.90 Å². The smallest absolute Gasteiger partial charge is 0.234 e. The number of aryl methyl sites for hydroxylation is 1. The molecular formula is C22H25N3O2S. The molecular weight excluding hydrogens is 370 g/mol. The van der Waals surface area contributed by atoms with Gasteiger partial charge in [0, 0.05) is 11.3 Å². The number of amides is 1. The van der Waals surface area contributed by atoms with Crippen LogP contribution in [0, 0.1) is 6.92 Å². The molecule has 0 bridgehead atoms. The van der Waals surface area contributed by atoms with E-state index in [0.717, 1.165) is 27.7 Å². The molecule has 0 unspecified atom stereocenters. The third-order valence-corrected chi connectivity index (χ3v) is 5.83. The second-order valence-electron chi connectivity index (χ2n) is 6.72. The number of aromatic amines is 1. The average Bonchev–Trinajstić information content (AvgIpc) is 3.07. The lowest BCUT2D eigenvalue weighted by Crippen LogP contribution is -2.34. The van der Waals surface area contributed by atoms with Gasteiger partial charge < -0.3 is 15.4 Å². The first-order chi connectivity index (χ1) is 13.5. The normalized spacial score (nSPS) is 13.1. The van der Waals surface area contributed by atoms with E-state index in [0.29, 0.717) is 6.42 Å². The second-order valence-corrected chi connectivity index (χ2v) is 7.91. The Bertz CT molecular complexity index is 923. The molecule has 0 aliphatic rings. The summed E-state index contributed by atoms with van der Waals surface area (Å²) in [6, 6.07) is 16.8. The number of H-pyrrole nitrogens is 1. The van der Waals surface area contributed by atoms with E-state index >= 15 is 0 Å². The zero-order valence-corrected chi connectivity index (χ0v) is 17.1. The Labute approximate surface area is 169 Å². The van der Waals surface area contributed by atoms with E-state index in [2.05, 4.69) is 15.3 Å². The molecule has 0 radical (unpaired) electrons. The Morgan fingerprint density at radius 3 is 2.50 bits per heavy atom. The van der Waals surface area contributed by atoms with E-state index < -0.39 is 0 Å². The van der Waals surface area contributed by atoms with Crippen molar-refractivity contribution in [3.8, 4) is 17.0 Å². The minimum atomic E-state index is -0.232. The zero-order chi connectivity index (χ0) is 20.1. The van der Waals surface area contributed by atoms with Gasteiger partial charge in [-0.2, -0.15) is 0 Å². The standard InChI is InChI=1S/C22H25N3O2S/c1-4-19(21(27)23-14(2)16-8-6-5-7-9-16)28-22-24-15(3)20(25-22)17-10-12-18(26)13-11-17/h5-14,19,26H,4H2,1-3H3,(H,23,27)(H,24,25)/t14-,19-/m0/s1. The van der Waals surface area contributed by atoms with Crippen LogP contribution in [0.1, 0.15) is 37.6 Å². The van der Waals surface area contributed by atoms with Crippen LogP contribution in [0.15, 0.2) is 59.8 Å². The first kappa shape index (κ1) is 20.0. The molecule has 1 aromatic heterocycles. The van der Waals surface area contributed by atoms with E-state index in [1.165, 1.54) is 11.8 Å². The molecule has 3 rings (SSSR count). The molecule has 0 fully saturated rings. The minimum Gasteiger partial charge on any atom is -0.508 e. The molecule has 3 N–H and O–H groups in total. The number of carbonyl (C=O) groups is 1. The highest BCUT2D eigenvalue weighted by atomic mass is 32.2. The minimum absolute atomic E-state index is 0.00379. The van der Waals surface area contributed by atoms with Crippen LogP contribution in [0.3, 0.4) is 0 Å². The predicted molar refractivity (Wildman–Crippen MR) is 113 cm³/mol. The highest BCUT2D eigenvalue weighted by molar-refractivity contribution is 8.00. The largest absolute Gasteiger partial charge is 0.508 e. The quantitative estimate of drug-likeness (QED) is 0.500. The number of carbonyl (C=O) groups excluding carboxylic acids is 1. The van der Waals surface area contributed by atoms with E-state index in [4.69, 9.17) is 0 Å². The lowest BCUT2D eigenvalue weighted by atomic mass is 10.1. The van der Waals surface area contributed by atoms with Gasteiger partial charge in [-0.3, -0.25) is 4.79 Å². The molecule has 146 valence electrons. The van der Waals surface area contributed by atoms with Gasteiger partial charge in [0.1, 0.15) is 5.75 Å². The molecule has 2 atom stereocenters. The molecule has 5 nitrogen and oxygen atoms in total. The number of nitrogens with one attached hydrogen (secondary N) is 2. The van der Waals surface area contributed by atoms with Gasteiger partial charge in [-0.1, -0.05) is 49.0 Å². The molecule has 0 spiro atoms. The van der Waals surface area contributed by atoms with Crippen molar-refractivity contribution >= 4 is 17.7 Å². The summed E-state index contributed by atoms with van der Waals surface area (Å²) in [5.41, 5.74) is 3.77. The first-order valence-electron chi connectivity index (χ1n) is 9.36. The highest BCUT2D eigenvalue weighted by Gasteiger charge is 2.22.